The number of hydrogen-bond donors (Lipinski definition) is 1. The Hall–Kier alpha value is -2.30. The zero-order valence-corrected chi connectivity index (χ0v) is 16.2. The summed E-state index contributed by atoms with van der Waals surface area (Å²) in [5.74, 6) is 0.735. The van der Waals surface area contributed by atoms with Gasteiger partial charge in [-0.05, 0) is 37.1 Å². The van der Waals surface area contributed by atoms with Crippen LogP contribution in [0.5, 0.6) is 0 Å². The van der Waals surface area contributed by atoms with E-state index in [-0.39, 0.29) is 10.8 Å². The van der Waals surface area contributed by atoms with Gasteiger partial charge in [0.1, 0.15) is 0 Å². The molecule has 2 aliphatic rings. The maximum atomic E-state index is 12.7. The molecule has 1 aromatic carbocycles. The minimum atomic E-state index is -3.53. The van der Waals surface area contributed by atoms with E-state index in [0.717, 1.165) is 12.8 Å². The highest BCUT2D eigenvalue weighted by Crippen LogP contribution is 2.22. The van der Waals surface area contributed by atoms with Crippen LogP contribution in [0.1, 0.15) is 25.2 Å². The Morgan fingerprint density at radius 2 is 1.89 bits per heavy atom. The van der Waals surface area contributed by atoms with Gasteiger partial charge in [0, 0.05) is 37.5 Å². The van der Waals surface area contributed by atoms with Gasteiger partial charge in [0.05, 0.1) is 18.1 Å². The highest BCUT2D eigenvalue weighted by Gasteiger charge is 2.26. The number of hydrogen-bond acceptors (Lipinski definition) is 7. The number of carbonyl (C=O) groups is 1. The first-order valence-electron chi connectivity index (χ1n) is 9.33. The molecule has 1 saturated carbocycles. The molecule has 0 bridgehead atoms. The lowest BCUT2D eigenvalue weighted by Gasteiger charge is -2.26. The topological polar surface area (TPSA) is 115 Å². The summed E-state index contributed by atoms with van der Waals surface area (Å²) in [7, 11) is -3.53. The monoisotopic (exact) mass is 406 g/mol. The van der Waals surface area contributed by atoms with E-state index < -0.39 is 10.0 Å². The van der Waals surface area contributed by atoms with Crippen LogP contribution in [0, 0.1) is 0 Å². The first kappa shape index (κ1) is 19.0. The number of morpholine rings is 1. The molecule has 0 spiro atoms. The van der Waals surface area contributed by atoms with E-state index in [1.165, 1.54) is 4.31 Å². The molecule has 2 aromatic rings. The number of carbonyl (C=O) groups excluding carboxylic acids is 1. The summed E-state index contributed by atoms with van der Waals surface area (Å²) in [6, 6.07) is 6.72. The standard InChI is InChI=1S/C18H22N4O5S/c23-16(19-14-3-4-14)7-8-17-20-18(21-27-17)13-1-5-15(6-2-13)28(24,25)22-9-11-26-12-10-22/h1-2,5-6,14H,3-4,7-12H2,(H,19,23). The minimum absolute atomic E-state index is 0.0140. The highest BCUT2D eigenvalue weighted by atomic mass is 32.2. The summed E-state index contributed by atoms with van der Waals surface area (Å²) in [5.41, 5.74) is 0.651. The van der Waals surface area contributed by atoms with Crippen LogP contribution >= 0.6 is 0 Å². The van der Waals surface area contributed by atoms with E-state index in [0.29, 0.717) is 62.5 Å². The van der Waals surface area contributed by atoms with Crippen molar-refractivity contribution in [3.05, 3.63) is 30.2 Å². The first-order valence-corrected chi connectivity index (χ1v) is 10.8. The van der Waals surface area contributed by atoms with Crippen LogP contribution in [0.25, 0.3) is 11.4 Å². The van der Waals surface area contributed by atoms with Crippen molar-refractivity contribution in [3.8, 4) is 11.4 Å². The molecule has 2 heterocycles. The molecule has 1 aliphatic carbocycles. The van der Waals surface area contributed by atoms with Crippen molar-refractivity contribution in [2.45, 2.75) is 36.6 Å². The Balaban J connectivity index is 1.39. The van der Waals surface area contributed by atoms with Crippen molar-refractivity contribution in [1.82, 2.24) is 19.8 Å². The molecule has 1 amide bonds. The van der Waals surface area contributed by atoms with Crippen molar-refractivity contribution in [2.24, 2.45) is 0 Å². The smallest absolute Gasteiger partial charge is 0.243 e. The molecule has 4 rings (SSSR count). The van der Waals surface area contributed by atoms with Crippen LogP contribution in [-0.4, -0.2) is 61.1 Å². The summed E-state index contributed by atoms with van der Waals surface area (Å²) in [4.78, 5) is 16.3. The summed E-state index contributed by atoms with van der Waals surface area (Å²) in [5, 5.41) is 6.84. The Bertz CT molecular complexity index is 931. The van der Waals surface area contributed by atoms with Crippen LogP contribution in [0.4, 0.5) is 0 Å². The van der Waals surface area contributed by atoms with Crippen LogP contribution in [0.2, 0.25) is 0 Å². The molecule has 0 atom stereocenters. The molecular weight excluding hydrogens is 384 g/mol. The fourth-order valence-corrected chi connectivity index (χ4v) is 4.34. The number of aryl methyl sites for hydroxylation is 1. The van der Waals surface area contributed by atoms with Gasteiger partial charge >= 0.3 is 0 Å². The lowest BCUT2D eigenvalue weighted by Crippen LogP contribution is -2.40. The van der Waals surface area contributed by atoms with E-state index in [4.69, 9.17) is 9.26 Å². The molecule has 0 radical (unpaired) electrons. The average Bonchev–Trinajstić information content (AvgIpc) is 3.40. The third kappa shape index (κ3) is 4.40. The summed E-state index contributed by atoms with van der Waals surface area (Å²) >= 11 is 0. The molecule has 1 aromatic heterocycles. The first-order chi connectivity index (χ1) is 13.5. The molecule has 0 unspecified atom stereocenters. The number of ether oxygens (including phenoxy) is 1. The van der Waals surface area contributed by atoms with Gasteiger partial charge in [-0.2, -0.15) is 9.29 Å². The van der Waals surface area contributed by atoms with Crippen molar-refractivity contribution >= 4 is 15.9 Å². The second-order valence-electron chi connectivity index (χ2n) is 6.89. The molecule has 1 N–H and O–H groups in total. The number of sulfonamides is 1. The third-order valence-electron chi connectivity index (χ3n) is 4.70. The summed E-state index contributed by atoms with van der Waals surface area (Å²) in [6.07, 6.45) is 2.77. The third-order valence-corrected chi connectivity index (χ3v) is 6.61. The fourth-order valence-electron chi connectivity index (χ4n) is 2.93. The largest absolute Gasteiger partial charge is 0.379 e. The highest BCUT2D eigenvalue weighted by molar-refractivity contribution is 7.89. The minimum Gasteiger partial charge on any atom is -0.379 e. The van der Waals surface area contributed by atoms with E-state index in [9.17, 15) is 13.2 Å². The van der Waals surface area contributed by atoms with Gasteiger partial charge in [-0.25, -0.2) is 8.42 Å². The molecular formula is C18H22N4O5S. The quantitative estimate of drug-likeness (QED) is 0.728. The lowest BCUT2D eigenvalue weighted by molar-refractivity contribution is -0.121. The number of nitrogens with zero attached hydrogens (tertiary/aromatic N) is 3. The SMILES string of the molecule is O=C(CCc1nc(-c2ccc(S(=O)(=O)N3CCOCC3)cc2)no1)NC1CC1. The van der Waals surface area contributed by atoms with Crippen molar-refractivity contribution in [3.63, 3.8) is 0 Å². The van der Waals surface area contributed by atoms with Gasteiger partial charge in [-0.3, -0.25) is 4.79 Å². The predicted octanol–water partition coefficient (Wildman–Crippen LogP) is 0.969. The van der Waals surface area contributed by atoms with Gasteiger partial charge in [0.2, 0.25) is 27.6 Å². The summed E-state index contributed by atoms with van der Waals surface area (Å²) in [6.45, 7) is 1.52. The molecule has 2 fully saturated rings. The van der Waals surface area contributed by atoms with Crippen molar-refractivity contribution in [1.29, 1.82) is 0 Å². The molecule has 9 nitrogen and oxygen atoms in total. The van der Waals surface area contributed by atoms with Gasteiger partial charge < -0.3 is 14.6 Å². The lowest BCUT2D eigenvalue weighted by atomic mass is 10.2. The molecule has 1 saturated heterocycles. The van der Waals surface area contributed by atoms with Gasteiger partial charge in [0.25, 0.3) is 0 Å². The Morgan fingerprint density at radius 3 is 2.57 bits per heavy atom. The van der Waals surface area contributed by atoms with Gasteiger partial charge in [-0.15, -0.1) is 0 Å². The normalized spacial score (nSPS) is 18.1. The summed E-state index contributed by atoms with van der Waals surface area (Å²) < 4.78 is 37.1. The van der Waals surface area contributed by atoms with Crippen molar-refractivity contribution in [2.75, 3.05) is 26.3 Å². The predicted molar refractivity (Wildman–Crippen MR) is 98.8 cm³/mol. The second kappa shape index (κ2) is 7.98. The number of benzene rings is 1. The Labute approximate surface area is 163 Å². The number of nitrogens with one attached hydrogen (secondary N) is 1. The Morgan fingerprint density at radius 1 is 1.18 bits per heavy atom. The van der Waals surface area contributed by atoms with Crippen LogP contribution in [0.3, 0.4) is 0 Å². The van der Waals surface area contributed by atoms with E-state index >= 15 is 0 Å². The Kier molecular flexibility index (Phi) is 5.42. The van der Waals surface area contributed by atoms with E-state index in [1.54, 1.807) is 24.3 Å². The maximum Gasteiger partial charge on any atom is 0.243 e. The van der Waals surface area contributed by atoms with E-state index in [2.05, 4.69) is 15.5 Å². The number of aromatic nitrogens is 2. The van der Waals surface area contributed by atoms with Crippen LogP contribution < -0.4 is 5.32 Å². The molecule has 1 aliphatic heterocycles. The number of rotatable bonds is 7. The average molecular weight is 406 g/mol. The fraction of sp³-hybridized carbons (Fsp3) is 0.500. The molecule has 28 heavy (non-hydrogen) atoms. The second-order valence-corrected chi connectivity index (χ2v) is 8.83. The van der Waals surface area contributed by atoms with Crippen LogP contribution in [0.15, 0.2) is 33.7 Å². The van der Waals surface area contributed by atoms with Gasteiger partial charge in [0.15, 0.2) is 0 Å². The maximum absolute atomic E-state index is 12.7. The zero-order valence-electron chi connectivity index (χ0n) is 15.3. The van der Waals surface area contributed by atoms with E-state index in [1.807, 2.05) is 0 Å². The van der Waals surface area contributed by atoms with Gasteiger partial charge in [-0.1, -0.05) is 5.16 Å². The molecule has 150 valence electrons. The van der Waals surface area contributed by atoms with Crippen molar-refractivity contribution < 1.29 is 22.5 Å². The molecule has 10 heteroatoms. The van der Waals surface area contributed by atoms with Crippen LogP contribution in [-0.2, 0) is 26.0 Å². The number of amides is 1. The zero-order chi connectivity index (χ0) is 19.6.